The molecule has 0 aliphatic carbocycles. The Labute approximate surface area is 129 Å². The lowest BCUT2D eigenvalue weighted by Gasteiger charge is -2.19. The van der Waals surface area contributed by atoms with E-state index in [1.54, 1.807) is 20.8 Å². The van der Waals surface area contributed by atoms with Crippen LogP contribution in [0.25, 0.3) is 0 Å². The summed E-state index contributed by atoms with van der Waals surface area (Å²) in [5, 5.41) is 20.8. The van der Waals surface area contributed by atoms with Crippen LogP contribution in [0.2, 0.25) is 0 Å². The third-order valence-electron chi connectivity index (χ3n) is 1.66. The molecule has 0 fully saturated rings. The highest BCUT2D eigenvalue weighted by Crippen LogP contribution is 2.24. The van der Waals surface area contributed by atoms with E-state index in [4.69, 9.17) is 20.7 Å². The quantitative estimate of drug-likeness (QED) is 0.306. The minimum Gasteiger partial charge on any atom is -0.480 e. The molecule has 0 aliphatic heterocycles. The summed E-state index contributed by atoms with van der Waals surface area (Å²) in [4.78, 5) is 32.9. The van der Waals surface area contributed by atoms with E-state index in [1.165, 1.54) is 5.41 Å². The van der Waals surface area contributed by atoms with E-state index in [0.29, 0.717) is 0 Å². The number of carbonyl (C=O) groups excluding carboxylic acids is 1. The van der Waals surface area contributed by atoms with Crippen molar-refractivity contribution in [3.05, 3.63) is 11.1 Å². The van der Waals surface area contributed by atoms with Crippen molar-refractivity contribution in [2.24, 2.45) is 5.73 Å². The molecule has 1 atom stereocenters. The van der Waals surface area contributed by atoms with Gasteiger partial charge in [0.15, 0.2) is 0 Å². The maximum atomic E-state index is 11.5. The van der Waals surface area contributed by atoms with Crippen molar-refractivity contribution >= 4 is 39.6 Å². The molecule has 0 bridgehead atoms. The topological polar surface area (TPSA) is 139 Å². The van der Waals surface area contributed by atoms with Gasteiger partial charge in [-0.15, -0.1) is 0 Å². The van der Waals surface area contributed by atoms with Crippen molar-refractivity contribution in [1.82, 2.24) is 5.32 Å². The number of nitrogens with one attached hydrogen (secondary N) is 1. The van der Waals surface area contributed by atoms with Gasteiger partial charge in [-0.3, -0.25) is 10.1 Å². The van der Waals surface area contributed by atoms with Crippen LogP contribution in [0, 0.1) is 0 Å². The van der Waals surface area contributed by atoms with Gasteiger partial charge in [0, 0.05) is 11.2 Å². The van der Waals surface area contributed by atoms with Crippen molar-refractivity contribution in [2.75, 3.05) is 5.75 Å². The van der Waals surface area contributed by atoms with E-state index in [0.717, 1.165) is 21.6 Å². The standard InChI is InChI=1S/C11H18N2O6S2/c1-11(2,3)19-10(18)13-7(9(16)17)5-21-20-4-6(12)8(14)15/h5-6H,4,12H2,1-3H3,(H,13,18)(H,14,15)(H,16,17)/b7-5-. The maximum absolute atomic E-state index is 11.5. The first-order valence-electron chi connectivity index (χ1n) is 5.73. The molecule has 0 rings (SSSR count). The highest BCUT2D eigenvalue weighted by molar-refractivity contribution is 8.77. The third-order valence-corrected chi connectivity index (χ3v) is 3.73. The molecular weight excluding hydrogens is 320 g/mol. The van der Waals surface area contributed by atoms with Crippen molar-refractivity contribution in [1.29, 1.82) is 0 Å². The smallest absolute Gasteiger partial charge is 0.412 e. The average molecular weight is 338 g/mol. The predicted molar refractivity (Wildman–Crippen MR) is 80.7 cm³/mol. The van der Waals surface area contributed by atoms with Crippen LogP contribution in [0.3, 0.4) is 0 Å². The lowest BCUT2D eigenvalue weighted by molar-refractivity contribution is -0.138. The van der Waals surface area contributed by atoms with Gasteiger partial charge in [-0.05, 0) is 20.8 Å². The minimum absolute atomic E-state index is 0.0931. The zero-order valence-corrected chi connectivity index (χ0v) is 13.4. The van der Waals surface area contributed by atoms with Crippen LogP contribution in [0.5, 0.6) is 0 Å². The van der Waals surface area contributed by atoms with Gasteiger partial charge in [-0.2, -0.15) is 0 Å². The molecule has 0 spiro atoms. The number of aliphatic carboxylic acids is 2. The van der Waals surface area contributed by atoms with Gasteiger partial charge in [0.25, 0.3) is 0 Å². The number of carboxylic acid groups (broad SMARTS) is 2. The van der Waals surface area contributed by atoms with Crippen LogP contribution in [-0.2, 0) is 14.3 Å². The number of ether oxygens (including phenoxy) is 1. The molecule has 10 heteroatoms. The molecule has 8 nitrogen and oxygen atoms in total. The van der Waals surface area contributed by atoms with E-state index in [1.807, 2.05) is 0 Å². The molecule has 0 aliphatic rings. The number of rotatable bonds is 7. The van der Waals surface area contributed by atoms with Crippen LogP contribution in [0.4, 0.5) is 4.79 Å². The summed E-state index contributed by atoms with van der Waals surface area (Å²) >= 11 is 0. The molecule has 0 saturated heterocycles. The Morgan fingerprint density at radius 3 is 2.33 bits per heavy atom. The molecule has 1 amide bonds. The van der Waals surface area contributed by atoms with E-state index < -0.39 is 29.7 Å². The number of hydrogen-bond donors (Lipinski definition) is 4. The monoisotopic (exact) mass is 338 g/mol. The SMILES string of the molecule is CC(C)(C)OC(=O)N/C(=C\SSCC(N)C(=O)O)C(=O)O. The zero-order chi connectivity index (χ0) is 16.6. The summed E-state index contributed by atoms with van der Waals surface area (Å²) in [5.74, 6) is -2.38. The van der Waals surface area contributed by atoms with Gasteiger partial charge in [0.1, 0.15) is 17.3 Å². The Bertz CT molecular complexity index is 433. The number of hydrogen-bond acceptors (Lipinski definition) is 7. The number of alkyl carbamates (subject to hydrolysis) is 1. The first-order valence-corrected chi connectivity index (χ1v) is 8.11. The summed E-state index contributed by atoms with van der Waals surface area (Å²) in [5.41, 5.74) is 4.17. The molecule has 0 aromatic heterocycles. The molecule has 1 unspecified atom stereocenters. The summed E-state index contributed by atoms with van der Waals surface area (Å²) in [6, 6.07) is -1.04. The summed E-state index contributed by atoms with van der Waals surface area (Å²) in [7, 11) is 2.01. The van der Waals surface area contributed by atoms with Crippen LogP contribution in [0.15, 0.2) is 11.1 Å². The third kappa shape index (κ3) is 10.0. The second kappa shape index (κ2) is 8.80. The average Bonchev–Trinajstić information content (AvgIpc) is 2.29. The van der Waals surface area contributed by atoms with E-state index in [2.05, 4.69) is 5.32 Å². The summed E-state index contributed by atoms with van der Waals surface area (Å²) in [6.45, 7) is 4.94. The highest BCUT2D eigenvalue weighted by Gasteiger charge is 2.19. The molecule has 0 aromatic rings. The molecule has 0 saturated carbocycles. The number of amides is 1. The van der Waals surface area contributed by atoms with Crippen molar-refractivity contribution < 1.29 is 29.3 Å². The molecule has 5 N–H and O–H groups in total. The van der Waals surface area contributed by atoms with Gasteiger partial charge >= 0.3 is 18.0 Å². The highest BCUT2D eigenvalue weighted by atomic mass is 33.1. The van der Waals surface area contributed by atoms with E-state index in [9.17, 15) is 14.4 Å². The molecule has 0 radical (unpaired) electrons. The second-order valence-electron chi connectivity index (χ2n) is 4.79. The number of nitrogens with two attached hydrogens (primary N) is 1. The van der Waals surface area contributed by atoms with Crippen LogP contribution in [-0.4, -0.2) is 45.6 Å². The van der Waals surface area contributed by atoms with Gasteiger partial charge < -0.3 is 20.7 Å². The Kier molecular flexibility index (Phi) is 8.22. The second-order valence-corrected chi connectivity index (χ2v) is 7.07. The lowest BCUT2D eigenvalue weighted by Crippen LogP contribution is -2.34. The molecule has 0 aromatic carbocycles. The molecule has 0 heterocycles. The predicted octanol–water partition coefficient (Wildman–Crippen LogP) is 1.23. The molecule has 120 valence electrons. The van der Waals surface area contributed by atoms with Gasteiger partial charge in [0.05, 0.1) is 0 Å². The van der Waals surface area contributed by atoms with E-state index in [-0.39, 0.29) is 11.4 Å². The minimum atomic E-state index is -1.34. The van der Waals surface area contributed by atoms with Gasteiger partial charge in [-0.1, -0.05) is 21.6 Å². The fourth-order valence-electron chi connectivity index (χ4n) is 0.813. The Hall–Kier alpha value is -1.39. The fourth-order valence-corrected chi connectivity index (χ4v) is 2.67. The summed E-state index contributed by atoms with van der Waals surface area (Å²) in [6.07, 6.45) is -0.885. The first kappa shape index (κ1) is 19.6. The van der Waals surface area contributed by atoms with Crippen molar-refractivity contribution in [2.45, 2.75) is 32.4 Å². The van der Waals surface area contributed by atoms with Gasteiger partial charge in [0.2, 0.25) is 0 Å². The Morgan fingerprint density at radius 1 is 1.33 bits per heavy atom. The maximum Gasteiger partial charge on any atom is 0.412 e. The Morgan fingerprint density at radius 2 is 1.90 bits per heavy atom. The molecular formula is C11H18N2O6S2. The fraction of sp³-hybridized carbons (Fsp3) is 0.545. The largest absolute Gasteiger partial charge is 0.480 e. The normalized spacial score (nSPS) is 13.4. The zero-order valence-electron chi connectivity index (χ0n) is 11.8. The van der Waals surface area contributed by atoms with Crippen LogP contribution in [0.1, 0.15) is 20.8 Å². The number of carbonyl (C=O) groups is 3. The van der Waals surface area contributed by atoms with Crippen LogP contribution >= 0.6 is 21.6 Å². The lowest BCUT2D eigenvalue weighted by atomic mass is 10.2. The van der Waals surface area contributed by atoms with Gasteiger partial charge in [-0.25, -0.2) is 9.59 Å². The van der Waals surface area contributed by atoms with Crippen molar-refractivity contribution in [3.8, 4) is 0 Å². The molecule has 21 heavy (non-hydrogen) atoms. The summed E-state index contributed by atoms with van der Waals surface area (Å²) < 4.78 is 4.93. The number of carboxylic acids is 2. The first-order chi connectivity index (χ1) is 9.53. The van der Waals surface area contributed by atoms with E-state index >= 15 is 0 Å². The van der Waals surface area contributed by atoms with Crippen molar-refractivity contribution in [3.63, 3.8) is 0 Å². The van der Waals surface area contributed by atoms with Crippen LogP contribution < -0.4 is 11.1 Å². The Balaban J connectivity index is 4.42.